The molecule has 0 fully saturated rings. The van der Waals surface area contributed by atoms with Crippen LogP contribution >= 0.6 is 0 Å². The van der Waals surface area contributed by atoms with Gasteiger partial charge in [0.05, 0.1) is 19.1 Å². The molecule has 0 aliphatic carbocycles. The minimum Gasteiger partial charge on any atom is -0.469 e. The van der Waals surface area contributed by atoms with Crippen LogP contribution < -0.4 is 10.5 Å². The quantitative estimate of drug-likeness (QED) is 0.816. The van der Waals surface area contributed by atoms with Gasteiger partial charge in [-0.25, -0.2) is 0 Å². The number of hydrogen-bond acceptors (Lipinski definition) is 5. The van der Waals surface area contributed by atoms with Gasteiger partial charge < -0.3 is 15.2 Å². The van der Waals surface area contributed by atoms with Crippen LogP contribution in [0.5, 0.6) is 5.75 Å². The summed E-state index contributed by atoms with van der Waals surface area (Å²) in [5.74, 6) is -0.823. The van der Waals surface area contributed by atoms with Crippen LogP contribution in [-0.2, 0) is 22.5 Å². The predicted molar refractivity (Wildman–Crippen MR) is 61.4 cm³/mol. The van der Waals surface area contributed by atoms with Crippen molar-refractivity contribution in [1.29, 1.82) is 5.26 Å². The van der Waals surface area contributed by atoms with E-state index in [9.17, 15) is 13.6 Å². The maximum atomic E-state index is 12.2. The third-order valence-electron chi connectivity index (χ3n) is 2.42. The first-order chi connectivity index (χ1) is 9.01. The highest BCUT2D eigenvalue weighted by molar-refractivity contribution is 5.73. The molecule has 0 amide bonds. The molecule has 1 rings (SSSR count). The number of nitrogens with two attached hydrogens (primary N) is 1. The number of carbonyl (C=O) groups is 1. The SMILES string of the molecule is COC(=O)Cc1cc(OC(F)F)c(C#N)cc1CN. The largest absolute Gasteiger partial charge is 0.469 e. The summed E-state index contributed by atoms with van der Waals surface area (Å²) >= 11 is 0. The highest BCUT2D eigenvalue weighted by Gasteiger charge is 2.15. The summed E-state index contributed by atoms with van der Waals surface area (Å²) in [5, 5.41) is 8.86. The maximum Gasteiger partial charge on any atom is 0.387 e. The fourth-order valence-electron chi connectivity index (χ4n) is 1.53. The molecule has 0 radical (unpaired) electrons. The molecule has 5 nitrogen and oxygen atoms in total. The van der Waals surface area contributed by atoms with Gasteiger partial charge in [-0.05, 0) is 23.3 Å². The smallest absolute Gasteiger partial charge is 0.387 e. The number of benzene rings is 1. The van der Waals surface area contributed by atoms with E-state index in [1.54, 1.807) is 6.07 Å². The summed E-state index contributed by atoms with van der Waals surface area (Å²) in [6, 6.07) is 4.28. The first-order valence-corrected chi connectivity index (χ1v) is 5.29. The Morgan fingerprint density at radius 2 is 2.16 bits per heavy atom. The molecular formula is C12H12F2N2O3. The minimum atomic E-state index is -3.05. The van der Waals surface area contributed by atoms with E-state index in [-0.39, 0.29) is 24.3 Å². The molecule has 2 N–H and O–H groups in total. The zero-order valence-electron chi connectivity index (χ0n) is 10.2. The Morgan fingerprint density at radius 1 is 1.47 bits per heavy atom. The number of alkyl halides is 2. The van der Waals surface area contributed by atoms with Gasteiger partial charge in [0.25, 0.3) is 0 Å². The Morgan fingerprint density at radius 3 is 2.63 bits per heavy atom. The van der Waals surface area contributed by atoms with E-state index in [1.165, 1.54) is 19.2 Å². The van der Waals surface area contributed by atoms with Gasteiger partial charge in [-0.1, -0.05) is 0 Å². The molecule has 0 aliphatic rings. The van der Waals surface area contributed by atoms with Crippen LogP contribution in [0.1, 0.15) is 16.7 Å². The molecule has 0 saturated carbocycles. The van der Waals surface area contributed by atoms with Crippen molar-refractivity contribution in [2.24, 2.45) is 5.73 Å². The van der Waals surface area contributed by atoms with Gasteiger partial charge in [-0.3, -0.25) is 4.79 Å². The lowest BCUT2D eigenvalue weighted by Crippen LogP contribution is -2.11. The summed E-state index contributed by atoms with van der Waals surface area (Å²) in [4.78, 5) is 11.2. The van der Waals surface area contributed by atoms with E-state index >= 15 is 0 Å². The second-order valence-corrected chi connectivity index (χ2v) is 3.56. The molecule has 0 saturated heterocycles. The number of nitrogens with zero attached hydrogens (tertiary/aromatic N) is 1. The van der Waals surface area contributed by atoms with E-state index in [0.717, 1.165) is 0 Å². The summed E-state index contributed by atoms with van der Waals surface area (Å²) < 4.78 is 33.2. The molecular weight excluding hydrogens is 258 g/mol. The normalized spacial score (nSPS) is 10.1. The van der Waals surface area contributed by atoms with Gasteiger partial charge >= 0.3 is 12.6 Å². The van der Waals surface area contributed by atoms with E-state index < -0.39 is 12.6 Å². The molecule has 1 aromatic rings. The van der Waals surface area contributed by atoms with Crippen molar-refractivity contribution in [1.82, 2.24) is 0 Å². The van der Waals surface area contributed by atoms with Crippen molar-refractivity contribution in [2.45, 2.75) is 19.6 Å². The molecule has 102 valence electrons. The fourth-order valence-corrected chi connectivity index (χ4v) is 1.53. The average molecular weight is 270 g/mol. The minimum absolute atomic E-state index is 0.0608. The summed E-state index contributed by atoms with van der Waals surface area (Å²) in [5.41, 5.74) is 6.33. The molecule has 0 heterocycles. The predicted octanol–water partition coefficient (Wildman–Crippen LogP) is 1.33. The standard InChI is InChI=1S/C12H12F2N2O3/c1-18-11(17)4-7-3-10(19-12(13)14)9(6-16)2-8(7)5-15/h2-3,12H,4-5,15H2,1H3. The Kier molecular flexibility index (Phi) is 5.21. The highest BCUT2D eigenvalue weighted by atomic mass is 19.3. The van der Waals surface area contributed by atoms with Crippen LogP contribution in [-0.4, -0.2) is 19.7 Å². The maximum absolute atomic E-state index is 12.2. The molecule has 0 unspecified atom stereocenters. The van der Waals surface area contributed by atoms with Gasteiger partial charge in [0.2, 0.25) is 0 Å². The Labute approximate surface area is 108 Å². The van der Waals surface area contributed by atoms with Gasteiger partial charge in [0.15, 0.2) is 0 Å². The second kappa shape index (κ2) is 6.66. The topological polar surface area (TPSA) is 85.3 Å². The van der Waals surface area contributed by atoms with Gasteiger partial charge in [-0.2, -0.15) is 14.0 Å². The Balaban J connectivity index is 3.21. The Hall–Kier alpha value is -2.20. The lowest BCUT2D eigenvalue weighted by Gasteiger charge is -2.12. The number of ether oxygens (including phenoxy) is 2. The Bertz CT molecular complexity index is 512. The van der Waals surface area contributed by atoms with Crippen molar-refractivity contribution in [3.63, 3.8) is 0 Å². The van der Waals surface area contributed by atoms with Crippen molar-refractivity contribution >= 4 is 5.97 Å². The van der Waals surface area contributed by atoms with E-state index in [1.807, 2.05) is 0 Å². The first kappa shape index (κ1) is 14.9. The second-order valence-electron chi connectivity index (χ2n) is 3.56. The summed E-state index contributed by atoms with van der Waals surface area (Å²) in [7, 11) is 1.21. The number of nitriles is 1. The highest BCUT2D eigenvalue weighted by Crippen LogP contribution is 2.25. The summed E-state index contributed by atoms with van der Waals surface area (Å²) in [6.07, 6.45) is -0.131. The lowest BCUT2D eigenvalue weighted by atomic mass is 10.0. The number of rotatable bonds is 5. The van der Waals surface area contributed by atoms with Crippen LogP contribution in [0.25, 0.3) is 0 Å². The summed E-state index contributed by atoms with van der Waals surface area (Å²) in [6.45, 7) is -2.99. The van der Waals surface area contributed by atoms with Crippen LogP contribution in [0, 0.1) is 11.3 Å². The zero-order chi connectivity index (χ0) is 14.4. The average Bonchev–Trinajstić information content (AvgIpc) is 2.38. The van der Waals surface area contributed by atoms with Crippen LogP contribution in [0.4, 0.5) is 8.78 Å². The molecule has 19 heavy (non-hydrogen) atoms. The number of esters is 1. The number of carbonyl (C=O) groups excluding carboxylic acids is 1. The molecule has 7 heteroatoms. The van der Waals surface area contributed by atoms with Gasteiger partial charge in [0.1, 0.15) is 11.8 Å². The van der Waals surface area contributed by atoms with Gasteiger partial charge in [0, 0.05) is 6.54 Å². The third kappa shape index (κ3) is 3.89. The first-order valence-electron chi connectivity index (χ1n) is 5.29. The van der Waals surface area contributed by atoms with Crippen molar-refractivity contribution < 1.29 is 23.0 Å². The molecule has 0 aromatic heterocycles. The van der Waals surface area contributed by atoms with Crippen molar-refractivity contribution in [3.8, 4) is 11.8 Å². The van der Waals surface area contributed by atoms with Crippen molar-refractivity contribution in [2.75, 3.05) is 7.11 Å². The monoisotopic (exact) mass is 270 g/mol. The zero-order valence-corrected chi connectivity index (χ0v) is 10.2. The van der Waals surface area contributed by atoms with E-state index in [0.29, 0.717) is 11.1 Å². The molecule has 0 aliphatic heterocycles. The van der Waals surface area contributed by atoms with Gasteiger partial charge in [-0.15, -0.1) is 0 Å². The number of halogens is 2. The molecule has 0 spiro atoms. The van der Waals surface area contributed by atoms with Crippen LogP contribution in [0.3, 0.4) is 0 Å². The van der Waals surface area contributed by atoms with E-state index in [4.69, 9.17) is 11.0 Å². The molecule has 0 atom stereocenters. The number of methoxy groups -OCH3 is 1. The third-order valence-corrected chi connectivity index (χ3v) is 2.42. The van der Waals surface area contributed by atoms with Crippen LogP contribution in [0.15, 0.2) is 12.1 Å². The van der Waals surface area contributed by atoms with Crippen molar-refractivity contribution in [3.05, 3.63) is 28.8 Å². The fraction of sp³-hybridized carbons (Fsp3) is 0.333. The number of hydrogen-bond donors (Lipinski definition) is 1. The van der Waals surface area contributed by atoms with Crippen LogP contribution in [0.2, 0.25) is 0 Å². The van der Waals surface area contributed by atoms with E-state index in [2.05, 4.69) is 9.47 Å². The molecule has 1 aromatic carbocycles. The molecule has 0 bridgehead atoms. The lowest BCUT2D eigenvalue weighted by molar-refractivity contribution is -0.139.